The van der Waals surface area contributed by atoms with Crippen molar-refractivity contribution in [2.75, 3.05) is 0 Å². The van der Waals surface area contributed by atoms with Gasteiger partial charge in [-0.3, -0.25) is 4.40 Å². The van der Waals surface area contributed by atoms with Crippen molar-refractivity contribution in [1.82, 2.24) is 24.5 Å². The first-order valence-corrected chi connectivity index (χ1v) is 7.22. The molecule has 0 aromatic carbocycles. The molecule has 0 saturated heterocycles. The molecule has 0 radical (unpaired) electrons. The third-order valence-corrected chi connectivity index (χ3v) is 3.70. The van der Waals surface area contributed by atoms with Gasteiger partial charge in [0.05, 0.1) is 11.9 Å². The fourth-order valence-corrected chi connectivity index (χ4v) is 2.73. The van der Waals surface area contributed by atoms with Gasteiger partial charge in [0, 0.05) is 30.4 Å². The molecule has 5 nitrogen and oxygen atoms in total. The molecule has 0 aliphatic carbocycles. The number of hydrogen-bond donors (Lipinski definition) is 1. The van der Waals surface area contributed by atoms with Gasteiger partial charge in [-0.05, 0) is 12.5 Å². The lowest BCUT2D eigenvalue weighted by Gasteiger charge is -2.09. The van der Waals surface area contributed by atoms with Crippen LogP contribution >= 0.6 is 11.3 Å². The lowest BCUT2D eigenvalue weighted by molar-refractivity contribution is 0.577. The van der Waals surface area contributed by atoms with E-state index in [1.807, 2.05) is 24.0 Å². The fourth-order valence-electron chi connectivity index (χ4n) is 2.00. The van der Waals surface area contributed by atoms with Crippen molar-refractivity contribution in [3.8, 4) is 5.82 Å². The number of aromatic nitrogens is 4. The SMILES string of the molecule is Cc1cnn(-c2nc3sccn3c2CNC(C)C)c1. The van der Waals surface area contributed by atoms with Gasteiger partial charge < -0.3 is 5.32 Å². The molecule has 0 atom stereocenters. The van der Waals surface area contributed by atoms with Gasteiger partial charge in [0.1, 0.15) is 0 Å². The van der Waals surface area contributed by atoms with Crippen molar-refractivity contribution in [2.24, 2.45) is 0 Å². The normalized spacial score (nSPS) is 11.8. The van der Waals surface area contributed by atoms with Crippen molar-refractivity contribution in [3.05, 3.63) is 35.2 Å². The summed E-state index contributed by atoms with van der Waals surface area (Å²) in [4.78, 5) is 5.68. The number of hydrogen-bond acceptors (Lipinski definition) is 4. The van der Waals surface area contributed by atoms with Crippen LogP contribution in [0.2, 0.25) is 0 Å². The minimum atomic E-state index is 0.441. The second-order valence-electron chi connectivity index (χ2n) is 4.94. The van der Waals surface area contributed by atoms with Crippen LogP contribution in [0.5, 0.6) is 0 Å². The van der Waals surface area contributed by atoms with Crippen molar-refractivity contribution in [3.63, 3.8) is 0 Å². The molecule has 0 aliphatic heterocycles. The summed E-state index contributed by atoms with van der Waals surface area (Å²) in [6.45, 7) is 7.10. The Labute approximate surface area is 115 Å². The number of fused-ring (bicyclic) bond motifs is 1. The average Bonchev–Trinajstić information content (AvgIpc) is 3.00. The minimum absolute atomic E-state index is 0.441. The van der Waals surface area contributed by atoms with Crippen molar-refractivity contribution in [2.45, 2.75) is 33.4 Å². The highest BCUT2D eigenvalue weighted by molar-refractivity contribution is 7.15. The number of aryl methyl sites for hydroxylation is 1. The van der Waals surface area contributed by atoms with Crippen LogP contribution < -0.4 is 5.32 Å². The summed E-state index contributed by atoms with van der Waals surface area (Å²) in [5.74, 6) is 0.910. The Morgan fingerprint density at radius 2 is 2.26 bits per heavy atom. The first kappa shape index (κ1) is 12.4. The van der Waals surface area contributed by atoms with Gasteiger partial charge in [-0.1, -0.05) is 13.8 Å². The monoisotopic (exact) mass is 275 g/mol. The molecule has 6 heteroatoms. The van der Waals surface area contributed by atoms with E-state index in [1.165, 1.54) is 0 Å². The molecule has 0 saturated carbocycles. The first-order chi connectivity index (χ1) is 9.15. The van der Waals surface area contributed by atoms with E-state index in [1.54, 1.807) is 11.3 Å². The van der Waals surface area contributed by atoms with Crippen molar-refractivity contribution >= 4 is 16.3 Å². The summed E-state index contributed by atoms with van der Waals surface area (Å²) in [6, 6.07) is 0.441. The summed E-state index contributed by atoms with van der Waals surface area (Å²) in [6.07, 6.45) is 5.92. The second-order valence-corrected chi connectivity index (χ2v) is 5.81. The Morgan fingerprint density at radius 3 is 2.95 bits per heavy atom. The van der Waals surface area contributed by atoms with Gasteiger partial charge in [-0.25, -0.2) is 4.68 Å². The standard InChI is InChI=1S/C13H17N5S/c1-9(2)14-7-11-12(18-8-10(3)6-15-18)16-13-17(11)4-5-19-13/h4-6,8-9,14H,7H2,1-3H3. The molecule has 3 heterocycles. The van der Waals surface area contributed by atoms with E-state index in [4.69, 9.17) is 0 Å². The van der Waals surface area contributed by atoms with E-state index in [9.17, 15) is 0 Å². The van der Waals surface area contributed by atoms with E-state index >= 15 is 0 Å². The van der Waals surface area contributed by atoms with Gasteiger partial charge in [0.15, 0.2) is 10.8 Å². The lowest BCUT2D eigenvalue weighted by Crippen LogP contribution is -2.23. The molecule has 1 N–H and O–H groups in total. The highest BCUT2D eigenvalue weighted by Gasteiger charge is 2.15. The highest BCUT2D eigenvalue weighted by Crippen LogP contribution is 2.20. The second kappa shape index (κ2) is 4.79. The smallest absolute Gasteiger partial charge is 0.196 e. The van der Waals surface area contributed by atoms with Crippen LogP contribution in [0.4, 0.5) is 0 Å². The van der Waals surface area contributed by atoms with Gasteiger partial charge in [0.25, 0.3) is 0 Å². The Kier molecular flexibility index (Phi) is 3.12. The van der Waals surface area contributed by atoms with E-state index in [-0.39, 0.29) is 0 Å². The molecule has 0 amide bonds. The number of rotatable bonds is 4. The highest BCUT2D eigenvalue weighted by atomic mass is 32.1. The van der Waals surface area contributed by atoms with E-state index < -0.39 is 0 Å². The summed E-state index contributed by atoms with van der Waals surface area (Å²) in [7, 11) is 0. The van der Waals surface area contributed by atoms with Gasteiger partial charge in [-0.2, -0.15) is 10.1 Å². The van der Waals surface area contributed by atoms with Crippen molar-refractivity contribution < 1.29 is 0 Å². The Hall–Kier alpha value is -1.66. The topological polar surface area (TPSA) is 47.2 Å². The van der Waals surface area contributed by atoms with Crippen molar-refractivity contribution in [1.29, 1.82) is 0 Å². The molecule has 0 bridgehead atoms. The summed E-state index contributed by atoms with van der Waals surface area (Å²) in [5.41, 5.74) is 2.28. The minimum Gasteiger partial charge on any atom is -0.309 e. The molecular weight excluding hydrogens is 258 g/mol. The molecule has 0 fully saturated rings. The summed E-state index contributed by atoms with van der Waals surface area (Å²) < 4.78 is 3.98. The largest absolute Gasteiger partial charge is 0.309 e. The Bertz CT molecular complexity index is 691. The number of thiazole rings is 1. The summed E-state index contributed by atoms with van der Waals surface area (Å²) in [5, 5.41) is 9.87. The quantitative estimate of drug-likeness (QED) is 0.795. The Morgan fingerprint density at radius 1 is 1.42 bits per heavy atom. The zero-order chi connectivity index (χ0) is 13.4. The predicted molar refractivity (Wildman–Crippen MR) is 76.9 cm³/mol. The zero-order valence-electron chi connectivity index (χ0n) is 11.3. The molecule has 3 rings (SSSR count). The molecule has 19 heavy (non-hydrogen) atoms. The number of nitrogens with zero attached hydrogens (tertiary/aromatic N) is 4. The van der Waals surface area contributed by atoms with Crippen LogP contribution in [0.15, 0.2) is 24.0 Å². The van der Waals surface area contributed by atoms with Crippen LogP contribution in [0.3, 0.4) is 0 Å². The number of imidazole rings is 1. The van der Waals surface area contributed by atoms with Crippen LogP contribution in [-0.2, 0) is 6.54 Å². The Balaban J connectivity index is 2.07. The fraction of sp³-hybridized carbons (Fsp3) is 0.385. The first-order valence-electron chi connectivity index (χ1n) is 6.34. The lowest BCUT2D eigenvalue weighted by atomic mass is 10.3. The molecule has 3 aromatic rings. The maximum atomic E-state index is 4.68. The van der Waals surface area contributed by atoms with Gasteiger partial charge >= 0.3 is 0 Å². The van der Waals surface area contributed by atoms with Crippen LogP contribution in [0.1, 0.15) is 25.1 Å². The molecule has 0 unspecified atom stereocenters. The van der Waals surface area contributed by atoms with Crippen LogP contribution in [-0.4, -0.2) is 25.2 Å². The number of nitrogens with one attached hydrogen (secondary N) is 1. The van der Waals surface area contributed by atoms with Crippen LogP contribution in [0.25, 0.3) is 10.8 Å². The molecule has 0 spiro atoms. The third kappa shape index (κ3) is 2.29. The molecular formula is C13H17N5S. The zero-order valence-corrected chi connectivity index (χ0v) is 12.1. The third-order valence-electron chi connectivity index (χ3n) is 2.95. The van der Waals surface area contributed by atoms with E-state index in [0.717, 1.165) is 28.6 Å². The predicted octanol–water partition coefficient (Wildman–Crippen LogP) is 2.39. The average molecular weight is 275 g/mol. The van der Waals surface area contributed by atoms with E-state index in [2.05, 4.69) is 45.2 Å². The van der Waals surface area contributed by atoms with E-state index in [0.29, 0.717) is 6.04 Å². The maximum Gasteiger partial charge on any atom is 0.196 e. The molecule has 0 aliphatic rings. The maximum absolute atomic E-state index is 4.68. The van der Waals surface area contributed by atoms with Gasteiger partial charge in [0.2, 0.25) is 0 Å². The van der Waals surface area contributed by atoms with Crippen LogP contribution in [0, 0.1) is 6.92 Å². The summed E-state index contributed by atoms with van der Waals surface area (Å²) >= 11 is 1.64. The van der Waals surface area contributed by atoms with Gasteiger partial charge in [-0.15, -0.1) is 11.3 Å². The molecule has 3 aromatic heterocycles. The molecule has 100 valence electrons.